The standard InChI is InChI=1S/C18H26FN3O2/c19-17-11-16(12-20-13-17)1-2-18(23)22-7-5-21(6-8-22)14-15-3-9-24-10-4-15/h11-13,15H,1-10,14H2. The fourth-order valence-corrected chi connectivity index (χ4v) is 3.48. The quantitative estimate of drug-likeness (QED) is 0.822. The molecule has 0 atom stereocenters. The minimum atomic E-state index is -0.346. The molecule has 1 aromatic heterocycles. The van der Waals surface area contributed by atoms with Gasteiger partial charge in [-0.25, -0.2) is 4.39 Å². The van der Waals surface area contributed by atoms with Gasteiger partial charge in [-0.05, 0) is 36.8 Å². The van der Waals surface area contributed by atoms with Gasteiger partial charge in [0.25, 0.3) is 0 Å². The molecule has 0 N–H and O–H groups in total. The lowest BCUT2D eigenvalue weighted by Gasteiger charge is -2.37. The highest BCUT2D eigenvalue weighted by molar-refractivity contribution is 5.76. The Balaban J connectivity index is 1.38. The third kappa shape index (κ3) is 4.98. The van der Waals surface area contributed by atoms with Crippen LogP contribution in [0.5, 0.6) is 0 Å². The zero-order chi connectivity index (χ0) is 16.8. The fraction of sp³-hybridized carbons (Fsp3) is 0.667. The van der Waals surface area contributed by atoms with E-state index in [9.17, 15) is 9.18 Å². The predicted octanol–water partition coefficient (Wildman–Crippen LogP) is 1.72. The lowest BCUT2D eigenvalue weighted by molar-refractivity contribution is -0.133. The van der Waals surface area contributed by atoms with Crippen LogP contribution >= 0.6 is 0 Å². The maximum absolute atomic E-state index is 13.1. The molecule has 2 fully saturated rings. The summed E-state index contributed by atoms with van der Waals surface area (Å²) >= 11 is 0. The van der Waals surface area contributed by atoms with Crippen LogP contribution < -0.4 is 0 Å². The lowest BCUT2D eigenvalue weighted by Crippen LogP contribution is -2.50. The molecule has 0 bridgehead atoms. The number of carbonyl (C=O) groups is 1. The molecule has 2 aliphatic rings. The monoisotopic (exact) mass is 335 g/mol. The average Bonchev–Trinajstić information content (AvgIpc) is 2.61. The van der Waals surface area contributed by atoms with Gasteiger partial charge in [-0.1, -0.05) is 0 Å². The molecule has 0 unspecified atom stereocenters. The molecular weight excluding hydrogens is 309 g/mol. The van der Waals surface area contributed by atoms with Crippen LogP contribution in [0, 0.1) is 11.7 Å². The maximum Gasteiger partial charge on any atom is 0.222 e. The third-order valence-corrected chi connectivity index (χ3v) is 4.97. The molecule has 3 heterocycles. The first-order valence-electron chi connectivity index (χ1n) is 8.88. The highest BCUT2D eigenvalue weighted by Gasteiger charge is 2.23. The van der Waals surface area contributed by atoms with E-state index in [-0.39, 0.29) is 11.7 Å². The highest BCUT2D eigenvalue weighted by Crippen LogP contribution is 2.17. The number of amides is 1. The Morgan fingerprint density at radius 3 is 2.67 bits per heavy atom. The molecule has 2 aliphatic heterocycles. The van der Waals surface area contributed by atoms with Crippen molar-refractivity contribution in [2.75, 3.05) is 45.9 Å². The number of hydrogen-bond donors (Lipinski definition) is 0. The van der Waals surface area contributed by atoms with E-state index < -0.39 is 0 Å². The van der Waals surface area contributed by atoms with E-state index in [1.165, 1.54) is 12.3 Å². The molecule has 0 aromatic carbocycles. The summed E-state index contributed by atoms with van der Waals surface area (Å²) in [5, 5.41) is 0. The molecule has 24 heavy (non-hydrogen) atoms. The van der Waals surface area contributed by atoms with Crippen LogP contribution in [0.25, 0.3) is 0 Å². The van der Waals surface area contributed by atoms with Gasteiger partial charge in [0, 0.05) is 58.6 Å². The number of hydrogen-bond acceptors (Lipinski definition) is 4. The van der Waals surface area contributed by atoms with Crippen molar-refractivity contribution < 1.29 is 13.9 Å². The lowest BCUT2D eigenvalue weighted by atomic mass is 9.99. The van der Waals surface area contributed by atoms with Gasteiger partial charge in [-0.3, -0.25) is 14.7 Å². The third-order valence-electron chi connectivity index (χ3n) is 4.97. The molecule has 0 aliphatic carbocycles. The van der Waals surface area contributed by atoms with Crippen LogP contribution in [0.4, 0.5) is 4.39 Å². The number of aromatic nitrogens is 1. The van der Waals surface area contributed by atoms with Crippen LogP contribution in [0.1, 0.15) is 24.8 Å². The van der Waals surface area contributed by atoms with Crippen molar-refractivity contribution in [3.05, 3.63) is 29.8 Å². The van der Waals surface area contributed by atoms with Gasteiger partial charge in [0.15, 0.2) is 0 Å². The average molecular weight is 335 g/mol. The SMILES string of the molecule is O=C(CCc1cncc(F)c1)N1CCN(CC2CCOCC2)CC1. The first-order chi connectivity index (χ1) is 11.7. The number of rotatable bonds is 5. The van der Waals surface area contributed by atoms with Crippen LogP contribution in [0.15, 0.2) is 18.5 Å². The maximum atomic E-state index is 13.1. The molecule has 6 heteroatoms. The Morgan fingerprint density at radius 1 is 1.21 bits per heavy atom. The minimum Gasteiger partial charge on any atom is -0.381 e. The van der Waals surface area contributed by atoms with Gasteiger partial charge in [0.2, 0.25) is 5.91 Å². The molecule has 2 saturated heterocycles. The Bertz CT molecular complexity index is 541. The van der Waals surface area contributed by atoms with Crippen LogP contribution in [0.2, 0.25) is 0 Å². The summed E-state index contributed by atoms with van der Waals surface area (Å²) in [7, 11) is 0. The van der Waals surface area contributed by atoms with E-state index in [1.807, 2.05) is 4.90 Å². The molecule has 1 amide bonds. The van der Waals surface area contributed by atoms with Gasteiger partial charge in [-0.2, -0.15) is 0 Å². The number of piperazine rings is 1. The van der Waals surface area contributed by atoms with E-state index >= 15 is 0 Å². The van der Waals surface area contributed by atoms with E-state index in [2.05, 4.69) is 9.88 Å². The molecule has 5 nitrogen and oxygen atoms in total. The van der Waals surface area contributed by atoms with Gasteiger partial charge < -0.3 is 9.64 Å². The second kappa shape index (κ2) is 8.53. The first-order valence-corrected chi connectivity index (χ1v) is 8.88. The summed E-state index contributed by atoms with van der Waals surface area (Å²) < 4.78 is 18.5. The molecular formula is C18H26FN3O2. The molecule has 132 valence electrons. The summed E-state index contributed by atoms with van der Waals surface area (Å²) in [6.45, 7) is 6.39. The zero-order valence-electron chi connectivity index (χ0n) is 14.1. The van der Waals surface area contributed by atoms with Crippen molar-refractivity contribution in [1.82, 2.24) is 14.8 Å². The summed E-state index contributed by atoms with van der Waals surface area (Å²) in [6.07, 6.45) is 6.09. The van der Waals surface area contributed by atoms with Crippen molar-refractivity contribution in [1.29, 1.82) is 0 Å². The summed E-state index contributed by atoms with van der Waals surface area (Å²) in [4.78, 5) is 20.6. The normalized spacial score (nSPS) is 20.3. The van der Waals surface area contributed by atoms with Crippen LogP contribution in [0.3, 0.4) is 0 Å². The van der Waals surface area contributed by atoms with Gasteiger partial charge in [0.05, 0.1) is 6.20 Å². The molecule has 3 rings (SSSR count). The van der Waals surface area contributed by atoms with Crippen molar-refractivity contribution in [2.45, 2.75) is 25.7 Å². The second-order valence-electron chi connectivity index (χ2n) is 6.75. The Morgan fingerprint density at radius 2 is 1.96 bits per heavy atom. The number of halogens is 1. The highest BCUT2D eigenvalue weighted by atomic mass is 19.1. The minimum absolute atomic E-state index is 0.157. The molecule has 1 aromatic rings. The van der Waals surface area contributed by atoms with E-state index in [1.54, 1.807) is 6.20 Å². The van der Waals surface area contributed by atoms with E-state index in [0.717, 1.165) is 70.3 Å². The Hall–Kier alpha value is -1.53. The van der Waals surface area contributed by atoms with E-state index in [4.69, 9.17) is 4.74 Å². The van der Waals surface area contributed by atoms with Gasteiger partial charge in [0.1, 0.15) is 5.82 Å². The Kier molecular flexibility index (Phi) is 6.15. The smallest absolute Gasteiger partial charge is 0.222 e. The predicted molar refractivity (Wildman–Crippen MR) is 89.1 cm³/mol. The second-order valence-corrected chi connectivity index (χ2v) is 6.75. The molecule has 0 radical (unpaired) electrons. The van der Waals surface area contributed by atoms with Crippen molar-refractivity contribution in [3.63, 3.8) is 0 Å². The zero-order valence-corrected chi connectivity index (χ0v) is 14.1. The molecule has 0 saturated carbocycles. The number of aryl methyl sites for hydroxylation is 1. The first kappa shape index (κ1) is 17.3. The van der Waals surface area contributed by atoms with E-state index in [0.29, 0.717) is 12.8 Å². The number of ether oxygens (including phenoxy) is 1. The van der Waals surface area contributed by atoms with Crippen molar-refractivity contribution in [3.8, 4) is 0 Å². The fourth-order valence-electron chi connectivity index (χ4n) is 3.48. The summed E-state index contributed by atoms with van der Waals surface area (Å²) in [6, 6.07) is 1.45. The molecule has 0 spiro atoms. The summed E-state index contributed by atoms with van der Waals surface area (Å²) in [5.41, 5.74) is 0.779. The summed E-state index contributed by atoms with van der Waals surface area (Å²) in [5.74, 6) is 0.549. The number of nitrogens with zero attached hydrogens (tertiary/aromatic N) is 3. The van der Waals surface area contributed by atoms with Crippen LogP contribution in [-0.4, -0.2) is 66.6 Å². The number of pyridine rings is 1. The Labute approximate surface area is 142 Å². The van der Waals surface area contributed by atoms with Crippen molar-refractivity contribution in [2.24, 2.45) is 5.92 Å². The van der Waals surface area contributed by atoms with Gasteiger partial charge in [-0.15, -0.1) is 0 Å². The topological polar surface area (TPSA) is 45.7 Å². The van der Waals surface area contributed by atoms with Crippen LogP contribution in [-0.2, 0) is 16.0 Å². The largest absolute Gasteiger partial charge is 0.381 e. The number of carbonyl (C=O) groups excluding carboxylic acids is 1. The van der Waals surface area contributed by atoms with Crippen molar-refractivity contribution >= 4 is 5.91 Å². The van der Waals surface area contributed by atoms with Gasteiger partial charge >= 0.3 is 0 Å².